The maximum Gasteiger partial charge on any atom is 0.304 e. The Morgan fingerprint density at radius 3 is 2.35 bits per heavy atom. The van der Waals surface area contributed by atoms with Crippen LogP contribution in [0.1, 0.15) is 38.7 Å². The van der Waals surface area contributed by atoms with Crippen LogP contribution in [0.15, 0.2) is 72.8 Å². The summed E-state index contributed by atoms with van der Waals surface area (Å²) in [5, 5.41) is 2.82. The minimum absolute atomic E-state index is 0.290. The van der Waals surface area contributed by atoms with Gasteiger partial charge in [-0.25, -0.2) is 4.39 Å². The maximum absolute atomic E-state index is 13.2. The normalized spacial score (nSPS) is 19.3. The summed E-state index contributed by atoms with van der Waals surface area (Å²) < 4.78 is 15.0. The number of amides is 2. The van der Waals surface area contributed by atoms with Gasteiger partial charge in [-0.2, -0.15) is 0 Å². The summed E-state index contributed by atoms with van der Waals surface area (Å²) in [6, 6.07) is 19.7. The Morgan fingerprint density at radius 1 is 1.00 bits per heavy atom. The summed E-state index contributed by atoms with van der Waals surface area (Å²) in [5.74, 6) is -1.17. The molecule has 0 unspecified atom stereocenters. The van der Waals surface area contributed by atoms with Gasteiger partial charge in [0.05, 0.1) is 0 Å². The third-order valence-corrected chi connectivity index (χ3v) is 5.42. The second-order valence-electron chi connectivity index (χ2n) is 7.68. The first-order valence-corrected chi connectivity index (χ1v) is 10.0. The van der Waals surface area contributed by atoms with Crippen LogP contribution in [-0.2, 0) is 4.79 Å². The van der Waals surface area contributed by atoms with Gasteiger partial charge in [-0.3, -0.25) is 9.59 Å². The molecule has 0 spiro atoms. The number of hydrogen-bond acceptors (Lipinski definition) is 2. The molecule has 2 atom stereocenters. The maximum atomic E-state index is 13.2. The zero-order chi connectivity index (χ0) is 22.0. The number of aryl methyl sites for hydroxylation is 2. The molecule has 5 nitrogen and oxygen atoms in total. The van der Waals surface area contributed by atoms with Gasteiger partial charge in [0, 0.05) is 16.7 Å². The Morgan fingerprint density at radius 2 is 1.68 bits per heavy atom. The molecule has 6 heteroatoms. The summed E-state index contributed by atoms with van der Waals surface area (Å²) in [6.07, 6.45) is 1.88. The van der Waals surface area contributed by atoms with Gasteiger partial charge < -0.3 is 5.32 Å². The molecule has 4 rings (SSSR count). The van der Waals surface area contributed by atoms with Crippen LogP contribution in [-0.4, -0.2) is 28.8 Å². The van der Waals surface area contributed by atoms with Gasteiger partial charge in [-0.1, -0.05) is 48.0 Å². The first-order chi connectivity index (χ1) is 14.9. The molecular formula is C25H23FN3O2+. The zero-order valence-corrected chi connectivity index (χ0v) is 17.3. The van der Waals surface area contributed by atoms with Crippen molar-refractivity contribution in [2.24, 2.45) is 0 Å². The third-order valence-electron chi connectivity index (χ3n) is 5.42. The molecule has 1 fully saturated rings. The Balaban J connectivity index is 1.71. The monoisotopic (exact) mass is 416 g/mol. The van der Waals surface area contributed by atoms with Crippen LogP contribution in [0, 0.1) is 19.7 Å². The highest BCUT2D eigenvalue weighted by atomic mass is 19.1. The Hall–Kier alpha value is -3.80. The van der Waals surface area contributed by atoms with Crippen molar-refractivity contribution >= 4 is 18.0 Å². The van der Waals surface area contributed by atoms with E-state index in [1.165, 1.54) is 24.3 Å². The van der Waals surface area contributed by atoms with Gasteiger partial charge in [0.25, 0.3) is 5.91 Å². The van der Waals surface area contributed by atoms with Crippen LogP contribution in [0.25, 0.3) is 0 Å². The lowest BCUT2D eigenvalue weighted by Gasteiger charge is -2.15. The number of hydrogen-bond donors (Lipinski definition) is 2. The molecule has 3 aromatic rings. The van der Waals surface area contributed by atoms with Crippen LogP contribution >= 0.6 is 0 Å². The molecule has 31 heavy (non-hydrogen) atoms. The van der Waals surface area contributed by atoms with E-state index < -0.39 is 23.8 Å². The van der Waals surface area contributed by atoms with Gasteiger partial charge in [-0.15, -0.1) is 10.1 Å². The van der Waals surface area contributed by atoms with Crippen molar-refractivity contribution in [2.45, 2.75) is 25.9 Å². The summed E-state index contributed by atoms with van der Waals surface area (Å²) in [5.41, 5.74) is 7.18. The van der Waals surface area contributed by atoms with Crippen molar-refractivity contribution in [1.82, 2.24) is 10.7 Å². The lowest BCUT2D eigenvalue weighted by Crippen LogP contribution is -2.42. The summed E-state index contributed by atoms with van der Waals surface area (Å²) in [4.78, 5) is 25.6. The molecule has 2 amide bonds. The molecule has 2 N–H and O–H groups in total. The van der Waals surface area contributed by atoms with E-state index in [1.54, 1.807) is 4.68 Å². The van der Waals surface area contributed by atoms with Gasteiger partial charge in [0.15, 0.2) is 6.04 Å². The predicted molar refractivity (Wildman–Crippen MR) is 116 cm³/mol. The third kappa shape index (κ3) is 4.38. The van der Waals surface area contributed by atoms with Crippen molar-refractivity contribution in [3.63, 3.8) is 0 Å². The Kier molecular flexibility index (Phi) is 5.62. The van der Waals surface area contributed by atoms with Crippen LogP contribution < -0.4 is 10.7 Å². The number of rotatable bonds is 4. The van der Waals surface area contributed by atoms with E-state index in [4.69, 9.17) is 0 Å². The van der Waals surface area contributed by atoms with Crippen molar-refractivity contribution in [1.29, 1.82) is 0 Å². The minimum atomic E-state index is -0.819. The highest BCUT2D eigenvalue weighted by Crippen LogP contribution is 2.26. The smallest absolute Gasteiger partial charge is 0.304 e. The molecule has 0 aromatic heterocycles. The molecule has 3 aromatic carbocycles. The topological polar surface area (TPSA) is 61.2 Å². The van der Waals surface area contributed by atoms with E-state index in [0.717, 1.165) is 22.3 Å². The molecule has 1 saturated heterocycles. The van der Waals surface area contributed by atoms with Crippen molar-refractivity contribution in [2.75, 3.05) is 0 Å². The average molecular weight is 416 g/mol. The van der Waals surface area contributed by atoms with E-state index in [9.17, 15) is 14.0 Å². The highest BCUT2D eigenvalue weighted by molar-refractivity contribution is 5.98. The fourth-order valence-electron chi connectivity index (χ4n) is 3.65. The molecule has 0 saturated carbocycles. The number of nitrogens with zero attached hydrogens (tertiary/aromatic N) is 1. The fourth-order valence-corrected chi connectivity index (χ4v) is 3.65. The van der Waals surface area contributed by atoms with Gasteiger partial charge in [-0.05, 0) is 49.7 Å². The Labute approximate surface area is 180 Å². The highest BCUT2D eigenvalue weighted by Gasteiger charge is 2.47. The first kappa shape index (κ1) is 20.5. The minimum Gasteiger partial charge on any atom is -0.334 e. The van der Waals surface area contributed by atoms with Crippen molar-refractivity contribution in [3.8, 4) is 0 Å². The number of hydrazone groups is 1. The molecule has 1 aliphatic rings. The molecule has 0 radical (unpaired) electrons. The zero-order valence-electron chi connectivity index (χ0n) is 17.3. The van der Waals surface area contributed by atoms with Crippen LogP contribution in [0.5, 0.6) is 0 Å². The predicted octanol–water partition coefficient (Wildman–Crippen LogP) is 3.46. The van der Waals surface area contributed by atoms with Crippen molar-refractivity contribution < 1.29 is 18.7 Å². The fraction of sp³-hybridized carbons (Fsp3) is 0.160. The molecule has 1 heterocycles. The van der Waals surface area contributed by atoms with E-state index >= 15 is 0 Å². The number of nitrogens with one attached hydrogen (secondary N) is 2. The van der Waals surface area contributed by atoms with Gasteiger partial charge in [0.2, 0.25) is 12.3 Å². The lowest BCUT2D eigenvalue weighted by molar-refractivity contribution is -0.596. The van der Waals surface area contributed by atoms with Crippen LogP contribution in [0.3, 0.4) is 0 Å². The molecular weight excluding hydrogens is 393 g/mol. The molecule has 156 valence electrons. The standard InChI is InChI=1S/C25H22FN3O2/c1-16-7-9-18(10-8-16)23-22(27-24(30)19-11-13-21(26)14-12-19)25(31)28-29(23)15-20-6-4-3-5-17(20)2/h3-15,22-23H,1-2H3,(H-,27,28,30,31)/p+1/b29-15-/t22-,23-/m0/s1. The molecule has 0 bridgehead atoms. The molecule has 1 aliphatic heterocycles. The SMILES string of the molecule is Cc1ccc([C@H]2[C@H](NC(=O)c3ccc(F)cc3)C(=O)N/[N+]2=C\c2ccccc2C)cc1. The Bertz CT molecular complexity index is 1150. The van der Waals surface area contributed by atoms with Gasteiger partial charge >= 0.3 is 5.91 Å². The first-order valence-electron chi connectivity index (χ1n) is 10.0. The summed E-state index contributed by atoms with van der Waals surface area (Å²) >= 11 is 0. The molecule has 0 aliphatic carbocycles. The van der Waals surface area contributed by atoms with E-state index in [-0.39, 0.29) is 11.5 Å². The second-order valence-corrected chi connectivity index (χ2v) is 7.68. The average Bonchev–Trinajstić information content (AvgIpc) is 3.05. The van der Waals surface area contributed by atoms with Crippen LogP contribution in [0.4, 0.5) is 4.39 Å². The lowest BCUT2D eigenvalue weighted by atomic mass is 9.98. The van der Waals surface area contributed by atoms with Gasteiger partial charge in [0.1, 0.15) is 5.82 Å². The number of halogens is 1. The van der Waals surface area contributed by atoms with E-state index in [0.29, 0.717) is 0 Å². The van der Waals surface area contributed by atoms with E-state index in [1.807, 2.05) is 68.6 Å². The number of carbonyl (C=O) groups is 2. The summed E-state index contributed by atoms with van der Waals surface area (Å²) in [7, 11) is 0. The van der Waals surface area contributed by atoms with E-state index in [2.05, 4.69) is 10.7 Å². The second kappa shape index (κ2) is 8.52. The number of carbonyl (C=O) groups excluding carboxylic acids is 2. The number of hydrazine groups is 1. The van der Waals surface area contributed by atoms with Crippen LogP contribution in [0.2, 0.25) is 0 Å². The number of benzene rings is 3. The quantitative estimate of drug-likeness (QED) is 0.640. The van der Waals surface area contributed by atoms with Crippen molar-refractivity contribution in [3.05, 3.63) is 106 Å². The largest absolute Gasteiger partial charge is 0.334 e. The summed E-state index contributed by atoms with van der Waals surface area (Å²) in [6.45, 7) is 3.99.